The first kappa shape index (κ1) is 11.4. The van der Waals surface area contributed by atoms with Crippen LogP contribution in [0.15, 0.2) is 0 Å². The van der Waals surface area contributed by atoms with E-state index in [2.05, 4.69) is 25.7 Å². The van der Waals surface area contributed by atoms with Crippen molar-refractivity contribution in [3.8, 4) is 0 Å². The van der Waals surface area contributed by atoms with Gasteiger partial charge in [-0.2, -0.15) is 0 Å². The molecule has 0 aromatic rings. The van der Waals surface area contributed by atoms with E-state index in [1.54, 1.807) is 0 Å². The molecule has 2 aliphatic rings. The molecular formula is C13H25NO. The summed E-state index contributed by atoms with van der Waals surface area (Å²) in [7, 11) is 0. The van der Waals surface area contributed by atoms with Crippen LogP contribution < -0.4 is 0 Å². The van der Waals surface area contributed by atoms with Gasteiger partial charge in [0.2, 0.25) is 0 Å². The van der Waals surface area contributed by atoms with Crippen molar-refractivity contribution >= 4 is 0 Å². The second-order valence-electron chi connectivity index (χ2n) is 6.28. The first-order valence-corrected chi connectivity index (χ1v) is 6.43. The minimum absolute atomic E-state index is 0.120. The highest BCUT2D eigenvalue weighted by Gasteiger charge is 2.41. The Hall–Kier alpha value is -0.0800. The second kappa shape index (κ2) is 4.06. The Morgan fingerprint density at radius 2 is 2.00 bits per heavy atom. The Kier molecular flexibility index (Phi) is 3.09. The lowest BCUT2D eigenvalue weighted by Gasteiger charge is -2.44. The standard InChI is InChI=1S/C13H25NO/c1-10-6-8-14(9-10)11-5-4-7-13(2,3)12(11)15/h10-12,15H,4-9H2,1-3H3. The Morgan fingerprint density at radius 3 is 2.60 bits per heavy atom. The summed E-state index contributed by atoms with van der Waals surface area (Å²) < 4.78 is 0. The molecule has 0 radical (unpaired) electrons. The molecular weight excluding hydrogens is 186 g/mol. The molecule has 1 saturated carbocycles. The lowest BCUT2D eigenvalue weighted by atomic mass is 9.72. The molecule has 1 aliphatic carbocycles. The van der Waals surface area contributed by atoms with Crippen LogP contribution in [0.5, 0.6) is 0 Å². The normalized spacial score (nSPS) is 42.0. The molecule has 88 valence electrons. The van der Waals surface area contributed by atoms with Gasteiger partial charge < -0.3 is 5.11 Å². The van der Waals surface area contributed by atoms with Gasteiger partial charge in [-0.1, -0.05) is 27.2 Å². The van der Waals surface area contributed by atoms with Crippen molar-refractivity contribution in [2.45, 2.75) is 58.6 Å². The van der Waals surface area contributed by atoms with Gasteiger partial charge in [0.15, 0.2) is 0 Å². The van der Waals surface area contributed by atoms with Crippen LogP contribution in [0.25, 0.3) is 0 Å². The lowest BCUT2D eigenvalue weighted by Crippen LogP contribution is -2.51. The van der Waals surface area contributed by atoms with E-state index in [1.165, 1.54) is 38.8 Å². The van der Waals surface area contributed by atoms with Crippen molar-refractivity contribution in [2.24, 2.45) is 11.3 Å². The summed E-state index contributed by atoms with van der Waals surface area (Å²) in [5.41, 5.74) is 0.120. The fourth-order valence-electron chi connectivity index (χ4n) is 3.25. The largest absolute Gasteiger partial charge is 0.391 e. The number of nitrogens with zero attached hydrogens (tertiary/aromatic N) is 1. The number of likely N-dealkylation sites (tertiary alicyclic amines) is 1. The highest BCUT2D eigenvalue weighted by molar-refractivity contribution is 4.95. The highest BCUT2D eigenvalue weighted by Crippen LogP contribution is 2.38. The molecule has 1 heterocycles. The van der Waals surface area contributed by atoms with Gasteiger partial charge in [0.25, 0.3) is 0 Å². The van der Waals surface area contributed by atoms with Crippen LogP contribution in [-0.4, -0.2) is 35.2 Å². The van der Waals surface area contributed by atoms with E-state index < -0.39 is 0 Å². The fraction of sp³-hybridized carbons (Fsp3) is 1.00. The zero-order chi connectivity index (χ0) is 11.1. The molecule has 0 bridgehead atoms. The molecule has 0 aromatic heterocycles. The molecule has 0 spiro atoms. The van der Waals surface area contributed by atoms with E-state index >= 15 is 0 Å². The molecule has 1 saturated heterocycles. The average Bonchev–Trinajstić information content (AvgIpc) is 2.57. The fourth-order valence-corrected chi connectivity index (χ4v) is 3.25. The first-order chi connectivity index (χ1) is 7.00. The van der Waals surface area contributed by atoms with Crippen molar-refractivity contribution in [2.75, 3.05) is 13.1 Å². The van der Waals surface area contributed by atoms with Crippen molar-refractivity contribution in [1.82, 2.24) is 4.90 Å². The van der Waals surface area contributed by atoms with Crippen molar-refractivity contribution in [3.05, 3.63) is 0 Å². The van der Waals surface area contributed by atoms with Crippen LogP contribution in [0.2, 0.25) is 0 Å². The highest BCUT2D eigenvalue weighted by atomic mass is 16.3. The van der Waals surface area contributed by atoms with Crippen molar-refractivity contribution in [3.63, 3.8) is 0 Å². The van der Waals surface area contributed by atoms with E-state index in [0.29, 0.717) is 6.04 Å². The molecule has 0 amide bonds. The molecule has 2 heteroatoms. The van der Waals surface area contributed by atoms with Gasteiger partial charge in [0, 0.05) is 12.6 Å². The zero-order valence-corrected chi connectivity index (χ0v) is 10.4. The van der Waals surface area contributed by atoms with Crippen molar-refractivity contribution in [1.29, 1.82) is 0 Å². The van der Waals surface area contributed by atoms with Gasteiger partial charge >= 0.3 is 0 Å². The molecule has 0 aromatic carbocycles. The maximum Gasteiger partial charge on any atom is 0.0746 e. The van der Waals surface area contributed by atoms with Crippen molar-refractivity contribution < 1.29 is 5.11 Å². The van der Waals surface area contributed by atoms with Crippen LogP contribution in [0.1, 0.15) is 46.5 Å². The van der Waals surface area contributed by atoms with E-state index in [4.69, 9.17) is 0 Å². The monoisotopic (exact) mass is 211 g/mol. The third kappa shape index (κ3) is 2.21. The second-order valence-corrected chi connectivity index (χ2v) is 6.28. The quantitative estimate of drug-likeness (QED) is 0.719. The summed E-state index contributed by atoms with van der Waals surface area (Å²) in [6.07, 6.45) is 4.82. The Bertz CT molecular complexity index is 227. The summed E-state index contributed by atoms with van der Waals surface area (Å²) in [6.45, 7) is 9.13. The first-order valence-electron chi connectivity index (χ1n) is 6.43. The average molecular weight is 211 g/mol. The minimum Gasteiger partial charge on any atom is -0.391 e. The van der Waals surface area contributed by atoms with E-state index in [1.807, 2.05) is 0 Å². The van der Waals surface area contributed by atoms with Crippen LogP contribution in [0.4, 0.5) is 0 Å². The predicted molar refractivity (Wildman–Crippen MR) is 62.8 cm³/mol. The predicted octanol–water partition coefficient (Wildman–Crippen LogP) is 2.27. The summed E-state index contributed by atoms with van der Waals surface area (Å²) >= 11 is 0. The number of rotatable bonds is 1. The van der Waals surface area contributed by atoms with Crippen LogP contribution in [0.3, 0.4) is 0 Å². The molecule has 2 fully saturated rings. The van der Waals surface area contributed by atoms with Crippen LogP contribution >= 0.6 is 0 Å². The third-order valence-corrected chi connectivity index (χ3v) is 4.41. The summed E-state index contributed by atoms with van der Waals surface area (Å²) in [5, 5.41) is 10.4. The van der Waals surface area contributed by atoms with E-state index in [-0.39, 0.29) is 11.5 Å². The van der Waals surface area contributed by atoms with E-state index in [0.717, 1.165) is 5.92 Å². The molecule has 2 rings (SSSR count). The third-order valence-electron chi connectivity index (χ3n) is 4.41. The summed E-state index contributed by atoms with van der Waals surface area (Å²) in [4.78, 5) is 2.52. The number of aliphatic hydroxyl groups is 1. The zero-order valence-electron chi connectivity index (χ0n) is 10.4. The Morgan fingerprint density at radius 1 is 1.27 bits per heavy atom. The Labute approximate surface area is 93.7 Å². The molecule has 2 nitrogen and oxygen atoms in total. The summed E-state index contributed by atoms with van der Waals surface area (Å²) in [6, 6.07) is 0.429. The van der Waals surface area contributed by atoms with Gasteiger partial charge in [0.05, 0.1) is 6.10 Å². The molecule has 3 atom stereocenters. The molecule has 15 heavy (non-hydrogen) atoms. The van der Waals surface area contributed by atoms with Crippen LogP contribution in [-0.2, 0) is 0 Å². The molecule has 3 unspecified atom stereocenters. The number of hydrogen-bond donors (Lipinski definition) is 1. The maximum atomic E-state index is 10.4. The van der Waals surface area contributed by atoms with Gasteiger partial charge in [-0.15, -0.1) is 0 Å². The van der Waals surface area contributed by atoms with E-state index in [9.17, 15) is 5.11 Å². The smallest absolute Gasteiger partial charge is 0.0746 e. The van der Waals surface area contributed by atoms with Gasteiger partial charge in [-0.05, 0) is 37.1 Å². The number of hydrogen-bond acceptors (Lipinski definition) is 2. The lowest BCUT2D eigenvalue weighted by molar-refractivity contribution is -0.0518. The summed E-state index contributed by atoms with van der Waals surface area (Å²) in [5.74, 6) is 0.822. The number of aliphatic hydroxyl groups excluding tert-OH is 1. The maximum absolute atomic E-state index is 10.4. The Balaban J connectivity index is 2.02. The minimum atomic E-state index is -0.128. The topological polar surface area (TPSA) is 23.5 Å². The van der Waals surface area contributed by atoms with Crippen LogP contribution in [0, 0.1) is 11.3 Å². The SMILES string of the molecule is CC1CCN(C2CCCC(C)(C)C2O)C1. The molecule has 1 N–H and O–H groups in total. The van der Waals surface area contributed by atoms with Gasteiger partial charge in [-0.25, -0.2) is 0 Å². The van der Waals surface area contributed by atoms with Gasteiger partial charge in [-0.3, -0.25) is 4.90 Å². The van der Waals surface area contributed by atoms with Gasteiger partial charge in [0.1, 0.15) is 0 Å². The molecule has 1 aliphatic heterocycles.